The van der Waals surface area contributed by atoms with E-state index in [1.807, 2.05) is 23.1 Å². The number of amides is 1. The first-order valence-corrected chi connectivity index (χ1v) is 9.90. The maximum Gasteiger partial charge on any atom is 0.242 e. The second-order valence-electron chi connectivity index (χ2n) is 7.29. The molecule has 0 radical (unpaired) electrons. The minimum Gasteiger partial charge on any atom is -0.362 e. The molecule has 1 saturated heterocycles. The van der Waals surface area contributed by atoms with Crippen molar-refractivity contribution in [2.45, 2.75) is 25.7 Å². The quantitative estimate of drug-likeness (QED) is 0.731. The first-order chi connectivity index (χ1) is 13.3. The third-order valence-corrected chi connectivity index (χ3v) is 5.74. The topological polar surface area (TPSA) is 39.3 Å². The number of fused-ring (bicyclic) bond motifs is 1. The lowest BCUT2D eigenvalue weighted by Gasteiger charge is -2.34. The Morgan fingerprint density at radius 3 is 2.52 bits per heavy atom. The van der Waals surface area contributed by atoms with Crippen molar-refractivity contribution in [1.82, 2.24) is 9.88 Å². The molecule has 0 spiro atoms. The van der Waals surface area contributed by atoms with Crippen LogP contribution in [0.1, 0.15) is 31.2 Å². The number of nitrogens with one attached hydrogen (secondary N) is 1. The number of piperidine rings is 1. The Labute approximate surface area is 160 Å². The number of likely N-dealkylation sites (N-methyl/N-ethyl adjacent to an activating group) is 1. The Kier molecular flexibility index (Phi) is 5.14. The van der Waals surface area contributed by atoms with Crippen molar-refractivity contribution in [2.75, 3.05) is 31.1 Å². The van der Waals surface area contributed by atoms with E-state index >= 15 is 0 Å². The van der Waals surface area contributed by atoms with Gasteiger partial charge in [-0.3, -0.25) is 4.79 Å². The van der Waals surface area contributed by atoms with Crippen LogP contribution in [-0.4, -0.2) is 42.0 Å². The Bertz CT molecular complexity index is 894. The van der Waals surface area contributed by atoms with E-state index in [0.29, 0.717) is 12.5 Å². The molecule has 2 aromatic carbocycles. The second-order valence-corrected chi connectivity index (χ2v) is 7.29. The van der Waals surface area contributed by atoms with E-state index in [9.17, 15) is 4.79 Å². The minimum atomic E-state index is 0.234. The van der Waals surface area contributed by atoms with Crippen LogP contribution in [0.25, 0.3) is 10.9 Å². The third-order valence-electron chi connectivity index (χ3n) is 5.74. The van der Waals surface area contributed by atoms with Crippen LogP contribution in [-0.2, 0) is 4.79 Å². The third kappa shape index (κ3) is 3.70. The fourth-order valence-electron chi connectivity index (χ4n) is 4.16. The van der Waals surface area contributed by atoms with Gasteiger partial charge in [0.25, 0.3) is 0 Å². The molecule has 1 N–H and O–H groups in total. The largest absolute Gasteiger partial charge is 0.362 e. The van der Waals surface area contributed by atoms with Gasteiger partial charge in [0.15, 0.2) is 0 Å². The number of nitrogens with zero attached hydrogens (tertiary/aromatic N) is 2. The summed E-state index contributed by atoms with van der Waals surface area (Å²) in [5.74, 6) is 0.764. The van der Waals surface area contributed by atoms with E-state index in [0.717, 1.165) is 38.2 Å². The van der Waals surface area contributed by atoms with Crippen molar-refractivity contribution in [3.05, 3.63) is 66.4 Å². The first-order valence-electron chi connectivity index (χ1n) is 9.90. The summed E-state index contributed by atoms with van der Waals surface area (Å²) in [6.07, 6.45) is 4.22. The van der Waals surface area contributed by atoms with Crippen molar-refractivity contribution in [3.8, 4) is 0 Å². The number of hydrogen-bond donors (Lipinski definition) is 1. The highest BCUT2D eigenvalue weighted by atomic mass is 16.2. The normalized spacial score (nSPS) is 15.2. The van der Waals surface area contributed by atoms with Crippen molar-refractivity contribution >= 4 is 22.5 Å². The average Bonchev–Trinajstić information content (AvgIpc) is 3.17. The molecule has 1 aliphatic rings. The number of anilines is 1. The first kappa shape index (κ1) is 17.7. The monoisotopic (exact) mass is 361 g/mol. The van der Waals surface area contributed by atoms with Crippen molar-refractivity contribution in [2.24, 2.45) is 0 Å². The summed E-state index contributed by atoms with van der Waals surface area (Å²) < 4.78 is 0. The molecule has 2 heterocycles. The Balaban J connectivity index is 1.38. The van der Waals surface area contributed by atoms with Gasteiger partial charge in [0.05, 0.1) is 6.54 Å². The summed E-state index contributed by atoms with van der Waals surface area (Å²) >= 11 is 0. The summed E-state index contributed by atoms with van der Waals surface area (Å²) in [4.78, 5) is 20.4. The standard InChI is InChI=1S/C23H27N3O/c1-2-25(19-8-4-3-5-9-19)17-23(27)26-14-12-18(13-15-26)21-16-24-22-11-7-6-10-20(21)22/h3-11,16,18,24H,2,12-15,17H2,1H3. The van der Waals surface area contributed by atoms with Crippen LogP contribution in [0.5, 0.6) is 0 Å². The average molecular weight is 361 g/mol. The molecule has 0 unspecified atom stereocenters. The maximum absolute atomic E-state index is 12.8. The van der Waals surface area contributed by atoms with Crippen molar-refractivity contribution in [3.63, 3.8) is 0 Å². The smallest absolute Gasteiger partial charge is 0.242 e. The number of benzene rings is 2. The molecule has 27 heavy (non-hydrogen) atoms. The summed E-state index contributed by atoms with van der Waals surface area (Å²) in [6, 6.07) is 18.7. The lowest BCUT2D eigenvalue weighted by atomic mass is 9.89. The zero-order chi connectivity index (χ0) is 18.6. The summed E-state index contributed by atoms with van der Waals surface area (Å²) in [5, 5.41) is 1.32. The van der Waals surface area contributed by atoms with E-state index in [-0.39, 0.29) is 5.91 Å². The molecule has 3 aromatic rings. The van der Waals surface area contributed by atoms with Gasteiger partial charge >= 0.3 is 0 Å². The highest BCUT2D eigenvalue weighted by Gasteiger charge is 2.26. The molecule has 4 nitrogen and oxygen atoms in total. The van der Waals surface area contributed by atoms with Crippen LogP contribution < -0.4 is 4.90 Å². The summed E-state index contributed by atoms with van der Waals surface area (Å²) in [6.45, 7) is 5.08. The van der Waals surface area contributed by atoms with Crippen LogP contribution in [0.3, 0.4) is 0 Å². The molecule has 0 atom stereocenters. The molecule has 1 aliphatic heterocycles. The predicted molar refractivity (Wildman–Crippen MR) is 111 cm³/mol. The number of carbonyl (C=O) groups is 1. The zero-order valence-corrected chi connectivity index (χ0v) is 15.9. The number of rotatable bonds is 5. The fraction of sp³-hybridized carbons (Fsp3) is 0.348. The van der Waals surface area contributed by atoms with Crippen LogP contribution in [0, 0.1) is 0 Å². The molecule has 140 valence electrons. The molecule has 0 bridgehead atoms. The molecule has 0 saturated carbocycles. The Morgan fingerprint density at radius 1 is 1.07 bits per heavy atom. The van der Waals surface area contributed by atoms with Gasteiger partial charge in [-0.15, -0.1) is 0 Å². The molecular weight excluding hydrogens is 334 g/mol. The minimum absolute atomic E-state index is 0.234. The number of aromatic amines is 1. The zero-order valence-electron chi connectivity index (χ0n) is 15.9. The van der Waals surface area contributed by atoms with Gasteiger partial charge < -0.3 is 14.8 Å². The van der Waals surface area contributed by atoms with Gasteiger partial charge in [-0.05, 0) is 49.4 Å². The van der Waals surface area contributed by atoms with Gasteiger partial charge in [0.1, 0.15) is 0 Å². The molecule has 4 heteroatoms. The predicted octanol–water partition coefficient (Wildman–Crippen LogP) is 4.40. The van der Waals surface area contributed by atoms with E-state index < -0.39 is 0 Å². The Hall–Kier alpha value is -2.75. The molecular formula is C23H27N3O. The summed E-state index contributed by atoms with van der Waals surface area (Å²) in [5.41, 5.74) is 3.71. The van der Waals surface area contributed by atoms with Gasteiger partial charge in [-0.25, -0.2) is 0 Å². The van der Waals surface area contributed by atoms with Crippen LogP contribution in [0.15, 0.2) is 60.8 Å². The van der Waals surface area contributed by atoms with Crippen LogP contribution in [0.2, 0.25) is 0 Å². The number of H-pyrrole nitrogens is 1. The van der Waals surface area contributed by atoms with E-state index in [2.05, 4.69) is 59.4 Å². The molecule has 0 aliphatic carbocycles. The van der Waals surface area contributed by atoms with Crippen LogP contribution >= 0.6 is 0 Å². The number of para-hydroxylation sites is 2. The second kappa shape index (κ2) is 7.87. The van der Waals surface area contributed by atoms with Gasteiger partial charge in [0, 0.05) is 42.4 Å². The highest BCUT2D eigenvalue weighted by molar-refractivity contribution is 5.84. The van der Waals surface area contributed by atoms with Crippen LogP contribution in [0.4, 0.5) is 5.69 Å². The SMILES string of the molecule is CCN(CC(=O)N1CCC(c2c[nH]c3ccccc23)CC1)c1ccccc1. The molecule has 1 fully saturated rings. The Morgan fingerprint density at radius 2 is 1.78 bits per heavy atom. The number of carbonyl (C=O) groups excluding carboxylic acids is 1. The number of hydrogen-bond acceptors (Lipinski definition) is 2. The maximum atomic E-state index is 12.8. The highest BCUT2D eigenvalue weighted by Crippen LogP contribution is 2.33. The lowest BCUT2D eigenvalue weighted by molar-refractivity contribution is -0.130. The van der Waals surface area contributed by atoms with E-state index in [1.54, 1.807) is 0 Å². The van der Waals surface area contributed by atoms with Crippen molar-refractivity contribution in [1.29, 1.82) is 0 Å². The van der Waals surface area contributed by atoms with E-state index in [1.165, 1.54) is 16.5 Å². The lowest BCUT2D eigenvalue weighted by Crippen LogP contribution is -2.44. The summed E-state index contributed by atoms with van der Waals surface area (Å²) in [7, 11) is 0. The van der Waals surface area contributed by atoms with E-state index in [4.69, 9.17) is 0 Å². The van der Waals surface area contributed by atoms with Gasteiger partial charge in [-0.2, -0.15) is 0 Å². The number of aromatic nitrogens is 1. The fourth-order valence-corrected chi connectivity index (χ4v) is 4.16. The molecule has 1 amide bonds. The van der Waals surface area contributed by atoms with Gasteiger partial charge in [0.2, 0.25) is 5.91 Å². The van der Waals surface area contributed by atoms with Gasteiger partial charge in [-0.1, -0.05) is 36.4 Å². The number of likely N-dealkylation sites (tertiary alicyclic amines) is 1. The molecule has 4 rings (SSSR count). The van der Waals surface area contributed by atoms with Crippen molar-refractivity contribution < 1.29 is 4.79 Å². The molecule has 1 aromatic heterocycles.